The topological polar surface area (TPSA) is 119 Å². The second kappa shape index (κ2) is 5.65. The van der Waals surface area contributed by atoms with Crippen molar-refractivity contribution in [1.82, 2.24) is 5.32 Å². The van der Waals surface area contributed by atoms with Gasteiger partial charge in [-0.3, -0.25) is 4.79 Å². The lowest BCUT2D eigenvalue weighted by Crippen LogP contribution is -2.64. The number of alkyl halides is 2. The van der Waals surface area contributed by atoms with Crippen molar-refractivity contribution in [1.29, 1.82) is 0 Å². The minimum Gasteiger partial charge on any atom is -0.394 e. The van der Waals surface area contributed by atoms with Gasteiger partial charge in [0.25, 0.3) is 5.91 Å². The highest BCUT2D eigenvalue weighted by Gasteiger charge is 2.44. The molecule has 0 aromatic heterocycles. The van der Waals surface area contributed by atoms with E-state index >= 15 is 0 Å². The van der Waals surface area contributed by atoms with Crippen LogP contribution in [0, 0.1) is 0 Å². The maximum absolute atomic E-state index is 12.0. The van der Waals surface area contributed by atoms with Crippen molar-refractivity contribution >= 4 is 5.91 Å². The Hall–Kier alpha value is -0.870. The molecule has 1 amide bonds. The summed E-state index contributed by atoms with van der Waals surface area (Å²) in [5, 5.41) is 38.6. The van der Waals surface area contributed by atoms with Crippen molar-refractivity contribution in [2.45, 2.75) is 37.1 Å². The summed E-state index contributed by atoms with van der Waals surface area (Å²) < 4.78 is 28.6. The number of hydrogen-bond donors (Lipinski definition) is 5. The predicted molar refractivity (Wildman–Crippen MR) is 47.9 cm³/mol. The Morgan fingerprint density at radius 1 is 1.29 bits per heavy atom. The van der Waals surface area contributed by atoms with Gasteiger partial charge in [0.15, 0.2) is 6.29 Å². The molecule has 5 N–H and O–H groups in total. The Balaban J connectivity index is 2.69. The summed E-state index contributed by atoms with van der Waals surface area (Å²) in [5.74, 6) is -1.70. The fraction of sp³-hybridized carbons (Fsp3) is 0.875. The molecule has 0 saturated carbocycles. The smallest absolute Gasteiger partial charge is 0.315 e. The van der Waals surface area contributed by atoms with E-state index in [0.717, 1.165) is 0 Å². The SMILES string of the molecule is O=C(N[C@H]1[C@@H](O)[C@H](O)[C@@H](CO)O[C@@H]1O)C(F)F. The van der Waals surface area contributed by atoms with Crippen LogP contribution in [-0.2, 0) is 9.53 Å². The van der Waals surface area contributed by atoms with Gasteiger partial charge >= 0.3 is 6.43 Å². The van der Waals surface area contributed by atoms with E-state index in [4.69, 9.17) is 5.11 Å². The van der Waals surface area contributed by atoms with Crippen molar-refractivity contribution in [3.63, 3.8) is 0 Å². The first-order valence-corrected chi connectivity index (χ1v) is 4.77. The summed E-state index contributed by atoms with van der Waals surface area (Å²) in [7, 11) is 0. The normalized spacial score (nSPS) is 38.2. The minimum atomic E-state index is -3.32. The average Bonchev–Trinajstić information content (AvgIpc) is 2.28. The van der Waals surface area contributed by atoms with Gasteiger partial charge < -0.3 is 30.5 Å². The first-order valence-electron chi connectivity index (χ1n) is 4.77. The van der Waals surface area contributed by atoms with E-state index in [0.29, 0.717) is 0 Å². The Morgan fingerprint density at radius 2 is 1.88 bits per heavy atom. The zero-order valence-corrected chi connectivity index (χ0v) is 8.53. The summed E-state index contributed by atoms with van der Waals surface area (Å²) in [4.78, 5) is 10.7. The first-order chi connectivity index (χ1) is 7.88. The molecule has 0 unspecified atom stereocenters. The molecular formula is C8H13F2NO6. The number of rotatable bonds is 3. The number of ether oxygens (including phenoxy) is 1. The second-order valence-corrected chi connectivity index (χ2v) is 3.56. The molecule has 1 heterocycles. The van der Waals surface area contributed by atoms with Gasteiger partial charge in [0.1, 0.15) is 24.4 Å². The molecule has 0 aromatic rings. The van der Waals surface area contributed by atoms with Crippen LogP contribution in [0.25, 0.3) is 0 Å². The van der Waals surface area contributed by atoms with E-state index in [-0.39, 0.29) is 0 Å². The summed E-state index contributed by atoms with van der Waals surface area (Å²) in [6.45, 7) is -0.676. The van der Waals surface area contributed by atoms with Crippen LogP contribution in [0.3, 0.4) is 0 Å². The number of carbonyl (C=O) groups excluding carboxylic acids is 1. The van der Waals surface area contributed by atoms with E-state index < -0.39 is 49.6 Å². The molecular weight excluding hydrogens is 244 g/mol. The third-order valence-electron chi connectivity index (χ3n) is 2.41. The van der Waals surface area contributed by atoms with Crippen molar-refractivity contribution in [2.75, 3.05) is 6.61 Å². The van der Waals surface area contributed by atoms with Gasteiger partial charge in [-0.1, -0.05) is 0 Å². The zero-order chi connectivity index (χ0) is 13.2. The highest BCUT2D eigenvalue weighted by molar-refractivity contribution is 5.79. The van der Waals surface area contributed by atoms with E-state index in [2.05, 4.69) is 4.74 Å². The first kappa shape index (κ1) is 14.2. The highest BCUT2D eigenvalue weighted by atomic mass is 19.3. The van der Waals surface area contributed by atoms with Crippen molar-refractivity contribution in [2.24, 2.45) is 0 Å². The molecule has 0 aromatic carbocycles. The second-order valence-electron chi connectivity index (χ2n) is 3.56. The number of amides is 1. The van der Waals surface area contributed by atoms with Gasteiger partial charge in [-0.2, -0.15) is 8.78 Å². The third kappa shape index (κ3) is 3.07. The van der Waals surface area contributed by atoms with Crippen LogP contribution < -0.4 is 5.32 Å². The van der Waals surface area contributed by atoms with Gasteiger partial charge in [-0.05, 0) is 0 Å². The summed E-state index contributed by atoms with van der Waals surface area (Å²) in [5.41, 5.74) is 0. The van der Waals surface area contributed by atoms with E-state index in [9.17, 15) is 28.9 Å². The van der Waals surface area contributed by atoms with Crippen LogP contribution in [0.15, 0.2) is 0 Å². The monoisotopic (exact) mass is 257 g/mol. The Morgan fingerprint density at radius 3 is 2.35 bits per heavy atom. The van der Waals surface area contributed by atoms with Gasteiger partial charge in [-0.15, -0.1) is 0 Å². The molecule has 1 aliphatic rings. The molecule has 0 spiro atoms. The molecule has 100 valence electrons. The number of hydrogen-bond acceptors (Lipinski definition) is 6. The van der Waals surface area contributed by atoms with Gasteiger partial charge in [0.05, 0.1) is 6.61 Å². The molecule has 0 radical (unpaired) electrons. The van der Waals surface area contributed by atoms with Gasteiger partial charge in [0.2, 0.25) is 0 Å². The van der Waals surface area contributed by atoms with E-state index in [1.807, 2.05) is 0 Å². The number of carbonyl (C=O) groups is 1. The van der Waals surface area contributed by atoms with Crippen LogP contribution in [-0.4, -0.2) is 70.0 Å². The van der Waals surface area contributed by atoms with Gasteiger partial charge in [0, 0.05) is 0 Å². The van der Waals surface area contributed by atoms with Crippen LogP contribution in [0.1, 0.15) is 0 Å². The minimum absolute atomic E-state index is 0.676. The van der Waals surface area contributed by atoms with Crippen molar-refractivity contribution < 1.29 is 38.7 Å². The summed E-state index contributed by atoms with van der Waals surface area (Å²) in [6, 6.07) is -1.59. The molecule has 1 saturated heterocycles. The van der Waals surface area contributed by atoms with Crippen molar-refractivity contribution in [3.8, 4) is 0 Å². The molecule has 0 bridgehead atoms. The van der Waals surface area contributed by atoms with Crippen LogP contribution in [0.4, 0.5) is 8.78 Å². The van der Waals surface area contributed by atoms with Crippen LogP contribution in [0.5, 0.6) is 0 Å². The van der Waals surface area contributed by atoms with Crippen LogP contribution in [0.2, 0.25) is 0 Å². The third-order valence-corrected chi connectivity index (χ3v) is 2.41. The molecule has 7 nitrogen and oxygen atoms in total. The quantitative estimate of drug-likeness (QED) is 0.372. The number of halogens is 2. The molecule has 0 aliphatic carbocycles. The standard InChI is InChI=1S/C8H13F2NO6/c9-6(10)7(15)11-3-5(14)4(13)2(1-12)17-8(3)16/h2-6,8,12-14,16H,1H2,(H,11,15)/t2-,3+,4-,5-,8+/m1/s1. The molecule has 17 heavy (non-hydrogen) atoms. The molecule has 1 aliphatic heterocycles. The lowest BCUT2D eigenvalue weighted by Gasteiger charge is -2.40. The molecule has 9 heteroatoms. The van der Waals surface area contributed by atoms with Crippen LogP contribution >= 0.6 is 0 Å². The lowest BCUT2D eigenvalue weighted by molar-refractivity contribution is -0.254. The predicted octanol–water partition coefficient (Wildman–Crippen LogP) is -2.83. The average molecular weight is 257 g/mol. The van der Waals surface area contributed by atoms with E-state index in [1.54, 1.807) is 5.32 Å². The molecule has 1 fully saturated rings. The number of aliphatic hydroxyl groups is 4. The Kier molecular flexibility index (Phi) is 4.71. The summed E-state index contributed by atoms with van der Waals surface area (Å²) >= 11 is 0. The van der Waals surface area contributed by atoms with Crippen molar-refractivity contribution in [3.05, 3.63) is 0 Å². The lowest BCUT2D eigenvalue weighted by atomic mass is 9.97. The summed E-state index contributed by atoms with van der Waals surface area (Å²) in [6.07, 6.45) is -9.69. The fourth-order valence-electron chi connectivity index (χ4n) is 1.48. The maximum atomic E-state index is 12.0. The Bertz CT molecular complexity index is 279. The van der Waals surface area contributed by atoms with E-state index in [1.165, 1.54) is 0 Å². The highest BCUT2D eigenvalue weighted by Crippen LogP contribution is 2.19. The maximum Gasteiger partial charge on any atom is 0.315 e. The number of nitrogens with one attached hydrogen (secondary N) is 1. The molecule has 5 atom stereocenters. The zero-order valence-electron chi connectivity index (χ0n) is 8.53. The van der Waals surface area contributed by atoms with Gasteiger partial charge in [-0.25, -0.2) is 0 Å². The fourth-order valence-corrected chi connectivity index (χ4v) is 1.48. The number of aliphatic hydroxyl groups excluding tert-OH is 4. The molecule has 1 rings (SSSR count). The Labute approximate surface area is 94.6 Å². The largest absolute Gasteiger partial charge is 0.394 e.